The van der Waals surface area contributed by atoms with Gasteiger partial charge in [0, 0.05) is 30.2 Å². The molecule has 0 aliphatic carbocycles. The summed E-state index contributed by atoms with van der Waals surface area (Å²) < 4.78 is 5.39. The second-order valence-corrected chi connectivity index (χ2v) is 4.54. The molecule has 0 atom stereocenters. The summed E-state index contributed by atoms with van der Waals surface area (Å²) in [5, 5.41) is 0.776. The van der Waals surface area contributed by atoms with Crippen molar-refractivity contribution >= 4 is 11.6 Å². The van der Waals surface area contributed by atoms with Crippen LogP contribution in [0.4, 0.5) is 0 Å². The van der Waals surface area contributed by atoms with Crippen molar-refractivity contribution in [3.63, 3.8) is 0 Å². The average molecular weight is 226 g/mol. The molecule has 1 aliphatic rings. The first kappa shape index (κ1) is 10.9. The molecule has 1 heterocycles. The van der Waals surface area contributed by atoms with Crippen molar-refractivity contribution in [1.29, 1.82) is 0 Å². The topological polar surface area (TPSA) is 35.2 Å². The Labute approximate surface area is 95.4 Å². The fraction of sp³-hybridized carbons (Fsp3) is 0.500. The Bertz CT molecular complexity index is 317. The molecule has 2 rings (SSSR count). The SMILES string of the molecule is NCC1(c2ccc(Cl)cc2)CCOCC1. The number of halogens is 1. The molecule has 82 valence electrons. The molecule has 1 aromatic carbocycles. The molecular weight excluding hydrogens is 210 g/mol. The van der Waals surface area contributed by atoms with Crippen molar-refractivity contribution in [1.82, 2.24) is 0 Å². The van der Waals surface area contributed by atoms with Crippen molar-refractivity contribution in [2.24, 2.45) is 5.73 Å². The second-order valence-electron chi connectivity index (χ2n) is 4.10. The zero-order chi connectivity index (χ0) is 10.7. The maximum absolute atomic E-state index is 5.92. The third-order valence-corrected chi connectivity index (χ3v) is 3.55. The Hall–Kier alpha value is -0.570. The minimum absolute atomic E-state index is 0.100. The van der Waals surface area contributed by atoms with E-state index in [1.165, 1.54) is 5.56 Å². The summed E-state index contributed by atoms with van der Waals surface area (Å²) >= 11 is 5.88. The molecule has 0 saturated carbocycles. The Morgan fingerprint density at radius 3 is 2.33 bits per heavy atom. The Balaban J connectivity index is 2.28. The molecule has 1 fully saturated rings. The number of ether oxygens (including phenoxy) is 1. The van der Waals surface area contributed by atoms with Crippen LogP contribution in [0.1, 0.15) is 18.4 Å². The van der Waals surface area contributed by atoms with Crippen LogP contribution in [0, 0.1) is 0 Å². The molecule has 3 heteroatoms. The summed E-state index contributed by atoms with van der Waals surface area (Å²) in [6.07, 6.45) is 2.01. The summed E-state index contributed by atoms with van der Waals surface area (Å²) in [5.74, 6) is 0. The van der Waals surface area contributed by atoms with Crippen molar-refractivity contribution in [2.75, 3.05) is 19.8 Å². The molecule has 0 amide bonds. The standard InChI is InChI=1S/C12H16ClNO/c13-11-3-1-10(2-4-11)12(9-14)5-7-15-8-6-12/h1-4H,5-9,14H2. The molecule has 15 heavy (non-hydrogen) atoms. The lowest BCUT2D eigenvalue weighted by atomic mass is 9.74. The molecule has 1 aliphatic heterocycles. The minimum atomic E-state index is 0.100. The Morgan fingerprint density at radius 1 is 1.20 bits per heavy atom. The van der Waals surface area contributed by atoms with Crippen LogP contribution in [0.25, 0.3) is 0 Å². The number of hydrogen-bond acceptors (Lipinski definition) is 2. The van der Waals surface area contributed by atoms with E-state index in [0.29, 0.717) is 6.54 Å². The van der Waals surface area contributed by atoms with Gasteiger partial charge in [0.2, 0.25) is 0 Å². The van der Waals surface area contributed by atoms with Gasteiger partial charge in [0.1, 0.15) is 0 Å². The monoisotopic (exact) mass is 225 g/mol. The van der Waals surface area contributed by atoms with Crippen LogP contribution >= 0.6 is 11.6 Å². The number of hydrogen-bond donors (Lipinski definition) is 1. The van der Waals surface area contributed by atoms with Crippen molar-refractivity contribution in [3.8, 4) is 0 Å². The quantitative estimate of drug-likeness (QED) is 0.839. The highest BCUT2D eigenvalue weighted by Crippen LogP contribution is 2.34. The zero-order valence-corrected chi connectivity index (χ0v) is 9.46. The number of nitrogens with two attached hydrogens (primary N) is 1. The molecule has 0 bridgehead atoms. The molecule has 1 aromatic rings. The van der Waals surface area contributed by atoms with Gasteiger partial charge in [0.15, 0.2) is 0 Å². The van der Waals surface area contributed by atoms with Gasteiger partial charge in [-0.2, -0.15) is 0 Å². The molecule has 0 radical (unpaired) electrons. The summed E-state index contributed by atoms with van der Waals surface area (Å²) in [7, 11) is 0. The molecule has 0 aromatic heterocycles. The van der Waals surface area contributed by atoms with E-state index in [2.05, 4.69) is 12.1 Å². The fourth-order valence-corrected chi connectivity index (χ4v) is 2.30. The summed E-state index contributed by atoms with van der Waals surface area (Å²) in [6.45, 7) is 2.29. The van der Waals surface area contributed by atoms with Gasteiger partial charge in [0.25, 0.3) is 0 Å². The highest BCUT2D eigenvalue weighted by molar-refractivity contribution is 6.30. The van der Waals surface area contributed by atoms with Crippen molar-refractivity contribution < 1.29 is 4.74 Å². The van der Waals surface area contributed by atoms with Gasteiger partial charge in [-0.25, -0.2) is 0 Å². The lowest BCUT2D eigenvalue weighted by Gasteiger charge is -2.36. The van der Waals surface area contributed by atoms with Crippen molar-refractivity contribution in [3.05, 3.63) is 34.9 Å². The van der Waals surface area contributed by atoms with Gasteiger partial charge < -0.3 is 10.5 Å². The normalized spacial score (nSPS) is 20.1. The molecule has 0 spiro atoms. The van der Waals surface area contributed by atoms with Crippen LogP contribution in [0.5, 0.6) is 0 Å². The van der Waals surface area contributed by atoms with Crippen LogP contribution in [0.15, 0.2) is 24.3 Å². The van der Waals surface area contributed by atoms with E-state index in [0.717, 1.165) is 31.1 Å². The predicted octanol–water partition coefficient (Wildman–Crippen LogP) is 2.35. The van der Waals surface area contributed by atoms with Gasteiger partial charge in [-0.05, 0) is 30.5 Å². The highest BCUT2D eigenvalue weighted by atomic mass is 35.5. The van der Waals surface area contributed by atoms with E-state index < -0.39 is 0 Å². The summed E-state index contributed by atoms with van der Waals surface area (Å²) in [5.41, 5.74) is 7.31. The van der Waals surface area contributed by atoms with E-state index in [4.69, 9.17) is 22.1 Å². The molecule has 2 N–H and O–H groups in total. The van der Waals surface area contributed by atoms with Crippen LogP contribution in [-0.2, 0) is 10.2 Å². The molecular formula is C12H16ClNO. The summed E-state index contributed by atoms with van der Waals surface area (Å²) in [4.78, 5) is 0. The average Bonchev–Trinajstić information content (AvgIpc) is 2.31. The fourth-order valence-electron chi connectivity index (χ4n) is 2.18. The van der Waals surface area contributed by atoms with Gasteiger partial charge in [-0.15, -0.1) is 0 Å². The smallest absolute Gasteiger partial charge is 0.0475 e. The highest BCUT2D eigenvalue weighted by Gasteiger charge is 2.32. The molecule has 2 nitrogen and oxygen atoms in total. The largest absolute Gasteiger partial charge is 0.381 e. The first-order valence-corrected chi connectivity index (χ1v) is 5.68. The van der Waals surface area contributed by atoms with Gasteiger partial charge in [0.05, 0.1) is 0 Å². The first-order chi connectivity index (χ1) is 7.27. The van der Waals surface area contributed by atoms with Crippen LogP contribution in [-0.4, -0.2) is 19.8 Å². The second kappa shape index (κ2) is 4.52. The van der Waals surface area contributed by atoms with Crippen LogP contribution < -0.4 is 5.73 Å². The van der Waals surface area contributed by atoms with Gasteiger partial charge in [-0.1, -0.05) is 23.7 Å². The van der Waals surface area contributed by atoms with Crippen LogP contribution in [0.2, 0.25) is 5.02 Å². The predicted molar refractivity (Wildman–Crippen MR) is 62.2 cm³/mol. The lowest BCUT2D eigenvalue weighted by Crippen LogP contribution is -2.40. The van der Waals surface area contributed by atoms with Crippen molar-refractivity contribution in [2.45, 2.75) is 18.3 Å². The van der Waals surface area contributed by atoms with Gasteiger partial charge >= 0.3 is 0 Å². The Kier molecular flexibility index (Phi) is 3.29. The maximum atomic E-state index is 5.92. The number of benzene rings is 1. The van der Waals surface area contributed by atoms with E-state index in [-0.39, 0.29) is 5.41 Å². The van der Waals surface area contributed by atoms with E-state index in [1.807, 2.05) is 12.1 Å². The minimum Gasteiger partial charge on any atom is -0.381 e. The zero-order valence-electron chi connectivity index (χ0n) is 8.71. The third-order valence-electron chi connectivity index (χ3n) is 3.30. The van der Waals surface area contributed by atoms with E-state index >= 15 is 0 Å². The first-order valence-electron chi connectivity index (χ1n) is 5.31. The third kappa shape index (κ3) is 2.17. The van der Waals surface area contributed by atoms with Crippen LogP contribution in [0.3, 0.4) is 0 Å². The van der Waals surface area contributed by atoms with E-state index in [9.17, 15) is 0 Å². The molecule has 0 unspecified atom stereocenters. The number of rotatable bonds is 2. The molecule has 1 saturated heterocycles. The van der Waals surface area contributed by atoms with E-state index in [1.54, 1.807) is 0 Å². The lowest BCUT2D eigenvalue weighted by molar-refractivity contribution is 0.0529. The van der Waals surface area contributed by atoms with Gasteiger partial charge in [-0.3, -0.25) is 0 Å². The maximum Gasteiger partial charge on any atom is 0.0475 e. The Morgan fingerprint density at radius 2 is 1.80 bits per heavy atom. The summed E-state index contributed by atoms with van der Waals surface area (Å²) in [6, 6.07) is 8.04.